The van der Waals surface area contributed by atoms with Crippen LogP contribution in [0.5, 0.6) is 0 Å². The molecule has 0 aliphatic rings. The minimum atomic E-state index is -1.81. The summed E-state index contributed by atoms with van der Waals surface area (Å²) < 4.78 is 5.49. The summed E-state index contributed by atoms with van der Waals surface area (Å²) in [5, 5.41) is 0. The van der Waals surface area contributed by atoms with E-state index in [2.05, 4.69) is 13.3 Å². The molecule has 0 aliphatic heterocycles. The van der Waals surface area contributed by atoms with Crippen molar-refractivity contribution in [2.75, 3.05) is 6.61 Å². The molecule has 1 unspecified atom stereocenters. The molecule has 0 bridgehead atoms. The Kier molecular flexibility index (Phi) is 5.40. The lowest BCUT2D eigenvalue weighted by Gasteiger charge is -2.18. The van der Waals surface area contributed by atoms with Crippen LogP contribution in [0.15, 0.2) is 0 Å². The fourth-order valence-corrected chi connectivity index (χ4v) is 2.91. The van der Waals surface area contributed by atoms with E-state index < -0.39 is 7.63 Å². The fourth-order valence-electron chi connectivity index (χ4n) is 0.738. The molecule has 0 aromatic rings. The van der Waals surface area contributed by atoms with Gasteiger partial charge in [0.1, 0.15) is 0 Å². The predicted octanol–water partition coefficient (Wildman–Crippen LogP) is 2.95. The van der Waals surface area contributed by atoms with Crippen LogP contribution in [0, 0.1) is 6.42 Å². The molecular weight excluding hydrogens is 164 g/mol. The first-order chi connectivity index (χ1) is 4.62. The topological polar surface area (TPSA) is 9.23 Å². The van der Waals surface area contributed by atoms with Crippen LogP contribution in [0.25, 0.3) is 0 Å². The van der Waals surface area contributed by atoms with Crippen molar-refractivity contribution in [3.8, 4) is 0 Å². The van der Waals surface area contributed by atoms with E-state index in [1.165, 1.54) is 0 Å². The van der Waals surface area contributed by atoms with Crippen LogP contribution in [0.4, 0.5) is 0 Å². The molecular formula is C7H16ClOSi. The smallest absolute Gasteiger partial charge is 0.287 e. The van der Waals surface area contributed by atoms with Gasteiger partial charge in [0.05, 0.1) is 0 Å². The van der Waals surface area contributed by atoms with Gasteiger partial charge in [0.2, 0.25) is 0 Å². The third kappa shape index (κ3) is 5.27. The van der Waals surface area contributed by atoms with Gasteiger partial charge in [-0.25, -0.2) is 0 Å². The van der Waals surface area contributed by atoms with E-state index in [1.807, 2.05) is 13.5 Å². The Morgan fingerprint density at radius 3 is 2.60 bits per heavy atom. The average Bonchev–Trinajstić information content (AvgIpc) is 1.84. The Morgan fingerprint density at radius 1 is 1.60 bits per heavy atom. The summed E-state index contributed by atoms with van der Waals surface area (Å²) in [5.74, 6) is 0. The Labute approximate surface area is 69.6 Å². The highest BCUT2D eigenvalue weighted by atomic mass is 35.6. The number of hydrogen-bond acceptors (Lipinski definition) is 1. The van der Waals surface area contributed by atoms with Crippen LogP contribution in [0.2, 0.25) is 12.6 Å². The molecule has 61 valence electrons. The Bertz CT molecular complexity index is 85.7. The summed E-state index contributed by atoms with van der Waals surface area (Å²) in [5.41, 5.74) is 0. The van der Waals surface area contributed by atoms with Gasteiger partial charge >= 0.3 is 0 Å². The summed E-state index contributed by atoms with van der Waals surface area (Å²) in [6.07, 6.45) is 3.13. The molecule has 1 radical (unpaired) electrons. The molecule has 0 saturated carbocycles. The van der Waals surface area contributed by atoms with Crippen LogP contribution in [0.1, 0.15) is 20.3 Å². The molecule has 0 fully saturated rings. The molecule has 0 rings (SSSR count). The summed E-state index contributed by atoms with van der Waals surface area (Å²) in [7, 11) is -1.81. The quantitative estimate of drug-likeness (QED) is 0.466. The highest BCUT2D eigenvalue weighted by molar-refractivity contribution is 7.16. The van der Waals surface area contributed by atoms with E-state index in [0.29, 0.717) is 0 Å². The Balaban J connectivity index is 3.42. The van der Waals surface area contributed by atoms with Crippen LogP contribution >= 0.6 is 11.1 Å². The fraction of sp³-hybridized carbons (Fsp3) is 0.857. The summed E-state index contributed by atoms with van der Waals surface area (Å²) in [4.78, 5) is 0. The van der Waals surface area contributed by atoms with Gasteiger partial charge in [0.25, 0.3) is 7.63 Å². The molecule has 0 aromatic carbocycles. The molecule has 0 saturated heterocycles. The zero-order chi connectivity index (χ0) is 8.04. The van der Waals surface area contributed by atoms with Gasteiger partial charge in [-0.3, -0.25) is 0 Å². The van der Waals surface area contributed by atoms with Gasteiger partial charge in [0.15, 0.2) is 0 Å². The van der Waals surface area contributed by atoms with Crippen molar-refractivity contribution in [3.05, 3.63) is 6.42 Å². The number of halogens is 1. The van der Waals surface area contributed by atoms with E-state index in [9.17, 15) is 0 Å². The minimum absolute atomic E-state index is 0.806. The SMILES string of the molecule is C[CH]C[Si](C)(Cl)OCCC. The van der Waals surface area contributed by atoms with E-state index in [-0.39, 0.29) is 0 Å². The monoisotopic (exact) mass is 179 g/mol. The largest absolute Gasteiger partial charge is 0.403 e. The van der Waals surface area contributed by atoms with Crippen LogP contribution in [0.3, 0.4) is 0 Å². The van der Waals surface area contributed by atoms with Crippen LogP contribution in [-0.2, 0) is 4.43 Å². The normalized spacial score (nSPS) is 16.8. The van der Waals surface area contributed by atoms with Crippen molar-refractivity contribution in [2.45, 2.75) is 32.9 Å². The maximum Gasteiger partial charge on any atom is 0.287 e. The van der Waals surface area contributed by atoms with Crippen LogP contribution < -0.4 is 0 Å². The average molecular weight is 180 g/mol. The van der Waals surface area contributed by atoms with Gasteiger partial charge < -0.3 is 4.43 Å². The highest BCUT2D eigenvalue weighted by Gasteiger charge is 2.24. The zero-order valence-electron chi connectivity index (χ0n) is 6.98. The summed E-state index contributed by atoms with van der Waals surface area (Å²) in [6, 6.07) is 0.939. The predicted molar refractivity (Wildman–Crippen MR) is 48.5 cm³/mol. The molecule has 3 heteroatoms. The second-order valence-electron chi connectivity index (χ2n) is 2.56. The van der Waals surface area contributed by atoms with Gasteiger partial charge in [0, 0.05) is 6.61 Å². The van der Waals surface area contributed by atoms with E-state index in [0.717, 1.165) is 19.1 Å². The lowest BCUT2D eigenvalue weighted by atomic mass is 10.5. The highest BCUT2D eigenvalue weighted by Crippen LogP contribution is 2.17. The Morgan fingerprint density at radius 2 is 2.20 bits per heavy atom. The second-order valence-corrected chi connectivity index (χ2v) is 7.86. The lowest BCUT2D eigenvalue weighted by molar-refractivity contribution is 0.317. The van der Waals surface area contributed by atoms with Crippen molar-refractivity contribution in [3.63, 3.8) is 0 Å². The second kappa shape index (κ2) is 5.16. The van der Waals surface area contributed by atoms with Crippen molar-refractivity contribution in [1.82, 2.24) is 0 Å². The van der Waals surface area contributed by atoms with Crippen molar-refractivity contribution in [2.24, 2.45) is 0 Å². The van der Waals surface area contributed by atoms with E-state index >= 15 is 0 Å². The number of rotatable bonds is 5. The zero-order valence-corrected chi connectivity index (χ0v) is 8.74. The lowest BCUT2D eigenvalue weighted by Crippen LogP contribution is -2.27. The first-order valence-electron chi connectivity index (χ1n) is 3.73. The molecule has 1 atom stereocenters. The summed E-state index contributed by atoms with van der Waals surface area (Å²) in [6.45, 7) is 6.95. The van der Waals surface area contributed by atoms with E-state index in [4.69, 9.17) is 15.5 Å². The molecule has 0 heterocycles. The van der Waals surface area contributed by atoms with Crippen molar-refractivity contribution < 1.29 is 4.43 Å². The first-order valence-corrected chi connectivity index (χ1v) is 7.36. The number of hydrogen-bond donors (Lipinski definition) is 0. The first kappa shape index (κ1) is 10.5. The van der Waals surface area contributed by atoms with E-state index in [1.54, 1.807) is 0 Å². The maximum atomic E-state index is 6.10. The van der Waals surface area contributed by atoms with Crippen molar-refractivity contribution >= 4 is 18.7 Å². The van der Waals surface area contributed by atoms with Gasteiger partial charge in [-0.15, -0.1) is 11.1 Å². The molecule has 0 amide bonds. The third-order valence-electron chi connectivity index (χ3n) is 1.18. The third-order valence-corrected chi connectivity index (χ3v) is 3.91. The molecule has 0 N–H and O–H groups in total. The molecule has 1 nitrogen and oxygen atoms in total. The van der Waals surface area contributed by atoms with Gasteiger partial charge in [-0.1, -0.05) is 13.8 Å². The maximum absolute atomic E-state index is 6.10. The minimum Gasteiger partial charge on any atom is -0.403 e. The molecule has 0 aliphatic carbocycles. The van der Waals surface area contributed by atoms with Crippen LogP contribution in [-0.4, -0.2) is 14.2 Å². The van der Waals surface area contributed by atoms with Gasteiger partial charge in [-0.05, 0) is 25.4 Å². The summed E-state index contributed by atoms with van der Waals surface area (Å²) >= 11 is 6.10. The molecule has 10 heavy (non-hydrogen) atoms. The molecule has 0 aromatic heterocycles. The Hall–Kier alpha value is 0.467. The molecule has 0 spiro atoms. The standard InChI is InChI=1S/C7H16ClOSi/c1-4-6-9-10(3,8)7-5-2/h5H,4,6-7H2,1-3H3. The van der Waals surface area contributed by atoms with Gasteiger partial charge in [-0.2, -0.15) is 0 Å². The van der Waals surface area contributed by atoms with Crippen molar-refractivity contribution in [1.29, 1.82) is 0 Å².